The molecule has 5 nitrogen and oxygen atoms in total. The van der Waals surface area contributed by atoms with E-state index in [2.05, 4.69) is 11.9 Å². The Bertz CT molecular complexity index is 587. The summed E-state index contributed by atoms with van der Waals surface area (Å²) in [5.74, 6) is -0.0974. The van der Waals surface area contributed by atoms with Gasteiger partial charge in [-0.2, -0.15) is 0 Å². The van der Waals surface area contributed by atoms with E-state index < -0.39 is 6.04 Å². The van der Waals surface area contributed by atoms with Crippen molar-refractivity contribution in [1.29, 1.82) is 0 Å². The smallest absolute Gasteiger partial charge is 0.217 e. The van der Waals surface area contributed by atoms with Crippen molar-refractivity contribution in [3.63, 3.8) is 0 Å². The van der Waals surface area contributed by atoms with Crippen molar-refractivity contribution in [3.05, 3.63) is 41.1 Å². The van der Waals surface area contributed by atoms with E-state index in [0.29, 0.717) is 28.6 Å². The van der Waals surface area contributed by atoms with Crippen molar-refractivity contribution in [2.75, 3.05) is 12.3 Å². The molecule has 0 aliphatic carbocycles. The number of rotatable bonds is 9. The number of ether oxygens (including phenoxy) is 1. The number of nitrogens with one attached hydrogen (secondary N) is 1. The van der Waals surface area contributed by atoms with E-state index in [1.54, 1.807) is 12.1 Å². The molecule has 126 valence electrons. The molecule has 1 unspecified atom stereocenters. The van der Waals surface area contributed by atoms with Gasteiger partial charge in [0.05, 0.1) is 12.6 Å². The molecular weight excluding hydrogens is 316 g/mol. The molecule has 1 amide bonds. The largest absolute Gasteiger partial charge is 0.496 e. The van der Waals surface area contributed by atoms with Crippen molar-refractivity contribution in [2.45, 2.75) is 39.2 Å². The fraction of sp³-hybridized carbons (Fsp3) is 0.412. The normalized spacial score (nSPS) is 11.6. The number of carbonyl (C=O) groups excluding carboxylic acids is 2. The Hall–Kier alpha value is -2.01. The quantitative estimate of drug-likeness (QED) is 0.313. The molecule has 0 fully saturated rings. The molecule has 0 saturated carbocycles. The molecule has 0 aliphatic heterocycles. The molecule has 3 N–H and O–H groups in total. The maximum Gasteiger partial charge on any atom is 0.217 e. The van der Waals surface area contributed by atoms with Crippen LogP contribution in [-0.4, -0.2) is 24.3 Å². The number of ketones is 1. The van der Waals surface area contributed by atoms with Gasteiger partial charge in [-0.05, 0) is 24.6 Å². The van der Waals surface area contributed by atoms with Crippen LogP contribution in [-0.2, 0) is 9.53 Å². The molecular formula is C17H23ClN2O3. The van der Waals surface area contributed by atoms with E-state index >= 15 is 0 Å². The van der Waals surface area contributed by atoms with Crippen molar-refractivity contribution in [2.24, 2.45) is 0 Å². The lowest BCUT2D eigenvalue weighted by atomic mass is 10.0. The van der Waals surface area contributed by atoms with Crippen molar-refractivity contribution in [3.8, 4) is 0 Å². The molecule has 1 rings (SSSR count). The number of unbranched alkanes of at least 4 members (excludes halogenated alkanes) is 1. The van der Waals surface area contributed by atoms with Crippen LogP contribution >= 0.6 is 11.6 Å². The summed E-state index contributed by atoms with van der Waals surface area (Å²) in [6.45, 7) is 7.75. The van der Waals surface area contributed by atoms with Crippen molar-refractivity contribution >= 4 is 29.0 Å². The minimum atomic E-state index is -0.591. The first-order valence-corrected chi connectivity index (χ1v) is 7.89. The molecule has 23 heavy (non-hydrogen) atoms. The third kappa shape index (κ3) is 6.32. The average Bonchev–Trinajstić information content (AvgIpc) is 2.46. The minimum absolute atomic E-state index is 0.0242. The molecule has 1 atom stereocenters. The summed E-state index contributed by atoms with van der Waals surface area (Å²) in [7, 11) is 0. The van der Waals surface area contributed by atoms with Crippen LogP contribution in [0.4, 0.5) is 5.69 Å². The number of nitrogens with two attached hydrogens (primary N) is 1. The monoisotopic (exact) mass is 338 g/mol. The third-order valence-electron chi connectivity index (χ3n) is 3.26. The highest BCUT2D eigenvalue weighted by Gasteiger charge is 2.21. The molecule has 0 spiro atoms. The van der Waals surface area contributed by atoms with E-state index in [9.17, 15) is 9.59 Å². The molecule has 1 aromatic rings. The van der Waals surface area contributed by atoms with E-state index in [1.807, 2.05) is 6.92 Å². The SMILES string of the molecule is C=C(OCCCC)C(CC(=O)c1ccc(Cl)cc1N)NC(C)=O. The zero-order valence-corrected chi connectivity index (χ0v) is 14.3. The highest BCUT2D eigenvalue weighted by atomic mass is 35.5. The standard InChI is InChI=1S/C17H23ClN2O3/c1-4-5-8-23-11(2)16(20-12(3)21)10-17(22)14-7-6-13(18)9-15(14)19/h6-7,9,16H,2,4-5,8,10,19H2,1,3H3,(H,20,21). The lowest BCUT2D eigenvalue weighted by Crippen LogP contribution is -2.37. The summed E-state index contributed by atoms with van der Waals surface area (Å²) < 4.78 is 5.52. The zero-order chi connectivity index (χ0) is 17.4. The van der Waals surface area contributed by atoms with Gasteiger partial charge in [-0.25, -0.2) is 0 Å². The molecule has 0 heterocycles. The average molecular weight is 339 g/mol. The van der Waals surface area contributed by atoms with Crippen LogP contribution in [0.15, 0.2) is 30.5 Å². The number of amides is 1. The summed E-state index contributed by atoms with van der Waals surface area (Å²) in [4.78, 5) is 23.8. The van der Waals surface area contributed by atoms with Crippen LogP contribution in [0.2, 0.25) is 5.02 Å². The number of halogens is 1. The summed E-state index contributed by atoms with van der Waals surface area (Å²) >= 11 is 5.84. The first kappa shape index (κ1) is 19.0. The van der Waals surface area contributed by atoms with Crippen LogP contribution < -0.4 is 11.1 Å². The summed E-state index contributed by atoms with van der Waals surface area (Å²) in [6.07, 6.45) is 1.89. The number of carbonyl (C=O) groups is 2. The number of nitrogen functional groups attached to an aromatic ring is 1. The summed E-state index contributed by atoms with van der Waals surface area (Å²) in [5.41, 5.74) is 6.50. The number of hydrogen-bond donors (Lipinski definition) is 2. The molecule has 1 aromatic carbocycles. The van der Waals surface area contributed by atoms with Gasteiger partial charge in [0.15, 0.2) is 5.78 Å². The van der Waals surface area contributed by atoms with Crippen molar-refractivity contribution in [1.82, 2.24) is 5.32 Å². The molecule has 0 aliphatic rings. The maximum atomic E-state index is 12.4. The number of Topliss-reactive ketones (excluding diaryl/α,β-unsaturated/α-hetero) is 1. The van der Waals surface area contributed by atoms with Crippen LogP contribution in [0.3, 0.4) is 0 Å². The van der Waals surface area contributed by atoms with Crippen LogP contribution in [0.25, 0.3) is 0 Å². The Labute approximate surface area is 141 Å². The maximum absolute atomic E-state index is 12.4. The molecule has 0 saturated heterocycles. The van der Waals surface area contributed by atoms with Crippen LogP contribution in [0.5, 0.6) is 0 Å². The Morgan fingerprint density at radius 3 is 2.70 bits per heavy atom. The minimum Gasteiger partial charge on any atom is -0.496 e. The fourth-order valence-electron chi connectivity index (χ4n) is 2.02. The Morgan fingerprint density at radius 2 is 2.13 bits per heavy atom. The lowest BCUT2D eigenvalue weighted by molar-refractivity contribution is -0.119. The Morgan fingerprint density at radius 1 is 1.43 bits per heavy atom. The Kier molecular flexibility index (Phi) is 7.62. The second-order valence-corrected chi connectivity index (χ2v) is 5.72. The second kappa shape index (κ2) is 9.20. The van der Waals surface area contributed by atoms with Gasteiger partial charge < -0.3 is 15.8 Å². The highest BCUT2D eigenvalue weighted by molar-refractivity contribution is 6.31. The number of hydrogen-bond acceptors (Lipinski definition) is 4. The van der Waals surface area contributed by atoms with Crippen LogP contribution in [0.1, 0.15) is 43.5 Å². The van der Waals surface area contributed by atoms with Gasteiger partial charge >= 0.3 is 0 Å². The second-order valence-electron chi connectivity index (χ2n) is 5.28. The van der Waals surface area contributed by atoms with E-state index in [1.165, 1.54) is 13.0 Å². The number of benzene rings is 1. The third-order valence-corrected chi connectivity index (χ3v) is 3.49. The first-order chi connectivity index (χ1) is 10.8. The predicted octanol–water partition coefficient (Wildman–Crippen LogP) is 3.33. The van der Waals surface area contributed by atoms with Gasteiger partial charge in [-0.15, -0.1) is 0 Å². The summed E-state index contributed by atoms with van der Waals surface area (Å²) in [6, 6.07) is 4.11. The van der Waals surface area contributed by atoms with Gasteiger partial charge in [-0.3, -0.25) is 9.59 Å². The van der Waals surface area contributed by atoms with Crippen molar-refractivity contribution < 1.29 is 14.3 Å². The lowest BCUT2D eigenvalue weighted by Gasteiger charge is -2.20. The highest BCUT2D eigenvalue weighted by Crippen LogP contribution is 2.21. The van der Waals surface area contributed by atoms with E-state index in [-0.39, 0.29) is 18.1 Å². The fourth-order valence-corrected chi connectivity index (χ4v) is 2.20. The van der Waals surface area contributed by atoms with Gasteiger partial charge in [0.2, 0.25) is 5.91 Å². The predicted molar refractivity (Wildman–Crippen MR) is 92.4 cm³/mol. The number of anilines is 1. The van der Waals surface area contributed by atoms with E-state index in [0.717, 1.165) is 12.8 Å². The van der Waals surface area contributed by atoms with Gasteiger partial charge in [-0.1, -0.05) is 31.5 Å². The molecule has 6 heteroatoms. The summed E-state index contributed by atoms with van der Waals surface area (Å²) in [5, 5.41) is 3.15. The molecule has 0 radical (unpaired) electrons. The van der Waals surface area contributed by atoms with Crippen LogP contribution in [0, 0.1) is 0 Å². The van der Waals surface area contributed by atoms with Gasteiger partial charge in [0.1, 0.15) is 5.76 Å². The molecule has 0 bridgehead atoms. The first-order valence-electron chi connectivity index (χ1n) is 7.52. The Balaban J connectivity index is 2.81. The van der Waals surface area contributed by atoms with Gasteiger partial charge in [0, 0.05) is 29.6 Å². The topological polar surface area (TPSA) is 81.4 Å². The zero-order valence-electron chi connectivity index (χ0n) is 13.5. The van der Waals surface area contributed by atoms with Gasteiger partial charge in [0.25, 0.3) is 0 Å². The van der Waals surface area contributed by atoms with E-state index in [4.69, 9.17) is 22.1 Å². The molecule has 0 aromatic heterocycles.